The van der Waals surface area contributed by atoms with Crippen molar-refractivity contribution in [3.8, 4) is 0 Å². The number of aryl methyl sites for hydroxylation is 1. The molecule has 1 heterocycles. The first kappa shape index (κ1) is 14.6. The van der Waals surface area contributed by atoms with E-state index in [9.17, 15) is 0 Å². The van der Waals surface area contributed by atoms with E-state index in [2.05, 4.69) is 29.1 Å². The zero-order valence-corrected chi connectivity index (χ0v) is 12.9. The highest BCUT2D eigenvalue weighted by atomic mass is 32.2. The highest BCUT2D eigenvalue weighted by Gasteiger charge is 2.15. The number of hydrogen-bond acceptors (Lipinski definition) is 4. The van der Waals surface area contributed by atoms with E-state index in [-0.39, 0.29) is 0 Å². The average molecular weight is 279 g/mol. The predicted molar refractivity (Wildman–Crippen MR) is 84.0 cm³/mol. The molecule has 1 aromatic rings. The summed E-state index contributed by atoms with van der Waals surface area (Å²) in [6, 6.07) is 0.487. The van der Waals surface area contributed by atoms with E-state index < -0.39 is 0 Å². The zero-order valence-electron chi connectivity index (χ0n) is 12.1. The van der Waals surface area contributed by atoms with Gasteiger partial charge in [0.2, 0.25) is 0 Å². The van der Waals surface area contributed by atoms with Crippen molar-refractivity contribution < 1.29 is 0 Å². The van der Waals surface area contributed by atoms with Gasteiger partial charge in [0.25, 0.3) is 0 Å². The standard InChI is InChI=1S/C15H25N3S/c1-3-19-10-9-12(2)18-15-13-7-5-4-6-8-14(13)16-11-17-15/h11-12H,3-10H2,1-2H3,(H,16,17,18). The number of hydrogen-bond donors (Lipinski definition) is 1. The first-order valence-electron chi connectivity index (χ1n) is 7.48. The van der Waals surface area contributed by atoms with Crippen molar-refractivity contribution >= 4 is 17.6 Å². The molecule has 0 radical (unpaired) electrons. The number of aromatic nitrogens is 2. The second kappa shape index (κ2) is 7.73. The van der Waals surface area contributed by atoms with Crippen LogP contribution in [0.1, 0.15) is 50.8 Å². The maximum atomic E-state index is 4.47. The van der Waals surface area contributed by atoms with Crippen LogP contribution in [0.2, 0.25) is 0 Å². The molecule has 0 aliphatic heterocycles. The number of thioether (sulfide) groups is 1. The SMILES string of the molecule is CCSCCC(C)Nc1ncnc2c1CCCCC2. The Labute approximate surface area is 121 Å². The molecule has 0 spiro atoms. The number of anilines is 1. The first-order valence-corrected chi connectivity index (χ1v) is 8.63. The van der Waals surface area contributed by atoms with Crippen LogP contribution in [-0.2, 0) is 12.8 Å². The summed E-state index contributed by atoms with van der Waals surface area (Å²) >= 11 is 2.01. The summed E-state index contributed by atoms with van der Waals surface area (Å²) < 4.78 is 0. The molecule has 2 rings (SSSR count). The largest absolute Gasteiger partial charge is 0.367 e. The van der Waals surface area contributed by atoms with Crippen LogP contribution >= 0.6 is 11.8 Å². The number of nitrogens with zero attached hydrogens (tertiary/aromatic N) is 2. The second-order valence-electron chi connectivity index (χ2n) is 5.24. The van der Waals surface area contributed by atoms with Crippen LogP contribution < -0.4 is 5.32 Å². The van der Waals surface area contributed by atoms with E-state index in [0.717, 1.165) is 18.7 Å². The number of nitrogens with one attached hydrogen (secondary N) is 1. The van der Waals surface area contributed by atoms with Gasteiger partial charge in [-0.15, -0.1) is 0 Å². The summed E-state index contributed by atoms with van der Waals surface area (Å²) in [6.45, 7) is 4.47. The molecule has 1 N–H and O–H groups in total. The Morgan fingerprint density at radius 2 is 2.11 bits per heavy atom. The molecule has 1 atom stereocenters. The molecule has 0 fully saturated rings. The Morgan fingerprint density at radius 3 is 2.95 bits per heavy atom. The summed E-state index contributed by atoms with van der Waals surface area (Å²) in [5.41, 5.74) is 2.64. The minimum Gasteiger partial charge on any atom is -0.367 e. The van der Waals surface area contributed by atoms with Gasteiger partial charge in [0.1, 0.15) is 12.1 Å². The summed E-state index contributed by atoms with van der Waals surface area (Å²) in [5, 5.41) is 3.59. The fraction of sp³-hybridized carbons (Fsp3) is 0.733. The average Bonchev–Trinajstić information content (AvgIpc) is 2.65. The third-order valence-electron chi connectivity index (χ3n) is 3.66. The lowest BCUT2D eigenvalue weighted by molar-refractivity contribution is 0.708. The monoisotopic (exact) mass is 279 g/mol. The van der Waals surface area contributed by atoms with Gasteiger partial charge in [0, 0.05) is 17.3 Å². The summed E-state index contributed by atoms with van der Waals surface area (Å²) in [6.07, 6.45) is 9.03. The Hall–Kier alpha value is -0.770. The highest BCUT2D eigenvalue weighted by Crippen LogP contribution is 2.24. The van der Waals surface area contributed by atoms with Crippen LogP contribution in [0.15, 0.2) is 6.33 Å². The van der Waals surface area contributed by atoms with Crippen LogP contribution in [-0.4, -0.2) is 27.5 Å². The number of rotatable bonds is 6. The maximum Gasteiger partial charge on any atom is 0.133 e. The van der Waals surface area contributed by atoms with Crippen molar-refractivity contribution in [3.63, 3.8) is 0 Å². The third-order valence-corrected chi connectivity index (χ3v) is 4.59. The molecule has 19 heavy (non-hydrogen) atoms. The van der Waals surface area contributed by atoms with E-state index >= 15 is 0 Å². The van der Waals surface area contributed by atoms with Gasteiger partial charge in [0.15, 0.2) is 0 Å². The molecule has 4 heteroatoms. The Balaban J connectivity index is 1.99. The molecule has 1 aromatic heterocycles. The highest BCUT2D eigenvalue weighted by molar-refractivity contribution is 7.99. The summed E-state index contributed by atoms with van der Waals surface area (Å²) in [7, 11) is 0. The van der Waals surface area contributed by atoms with Gasteiger partial charge in [-0.2, -0.15) is 11.8 Å². The lowest BCUT2D eigenvalue weighted by Crippen LogP contribution is -2.19. The molecular formula is C15H25N3S. The van der Waals surface area contributed by atoms with E-state index in [4.69, 9.17) is 0 Å². The predicted octanol–water partition coefficient (Wildman–Crippen LogP) is 3.69. The van der Waals surface area contributed by atoms with E-state index in [1.807, 2.05) is 11.8 Å². The van der Waals surface area contributed by atoms with Crippen LogP contribution in [0.5, 0.6) is 0 Å². The second-order valence-corrected chi connectivity index (χ2v) is 6.63. The van der Waals surface area contributed by atoms with Crippen LogP contribution in [0, 0.1) is 0 Å². The maximum absolute atomic E-state index is 4.47. The Bertz CT molecular complexity index is 395. The van der Waals surface area contributed by atoms with Crippen molar-refractivity contribution in [1.29, 1.82) is 0 Å². The Kier molecular flexibility index (Phi) is 5.95. The first-order chi connectivity index (χ1) is 9.31. The van der Waals surface area contributed by atoms with E-state index in [1.165, 1.54) is 48.4 Å². The fourth-order valence-corrected chi connectivity index (χ4v) is 3.34. The lowest BCUT2D eigenvalue weighted by atomic mass is 10.1. The van der Waals surface area contributed by atoms with Crippen molar-refractivity contribution in [2.75, 3.05) is 16.8 Å². The molecular weight excluding hydrogens is 254 g/mol. The van der Waals surface area contributed by atoms with Crippen LogP contribution in [0.4, 0.5) is 5.82 Å². The third kappa shape index (κ3) is 4.37. The quantitative estimate of drug-likeness (QED) is 0.636. The van der Waals surface area contributed by atoms with Crippen molar-refractivity contribution in [1.82, 2.24) is 9.97 Å². The molecule has 106 valence electrons. The zero-order chi connectivity index (χ0) is 13.5. The topological polar surface area (TPSA) is 37.8 Å². The normalized spacial score (nSPS) is 16.5. The smallest absolute Gasteiger partial charge is 0.133 e. The minimum absolute atomic E-state index is 0.487. The van der Waals surface area contributed by atoms with E-state index in [1.54, 1.807) is 6.33 Å². The van der Waals surface area contributed by atoms with Gasteiger partial charge in [-0.25, -0.2) is 9.97 Å². The van der Waals surface area contributed by atoms with Gasteiger partial charge >= 0.3 is 0 Å². The molecule has 0 aromatic carbocycles. The van der Waals surface area contributed by atoms with E-state index in [0.29, 0.717) is 6.04 Å². The molecule has 1 unspecified atom stereocenters. The molecule has 0 bridgehead atoms. The van der Waals surface area contributed by atoms with Crippen molar-refractivity contribution in [2.45, 2.75) is 58.4 Å². The van der Waals surface area contributed by atoms with Gasteiger partial charge < -0.3 is 5.32 Å². The lowest BCUT2D eigenvalue weighted by Gasteiger charge is -2.17. The fourth-order valence-electron chi connectivity index (χ4n) is 2.53. The van der Waals surface area contributed by atoms with Crippen LogP contribution in [0.25, 0.3) is 0 Å². The summed E-state index contributed by atoms with van der Waals surface area (Å²) in [4.78, 5) is 8.94. The van der Waals surface area contributed by atoms with Crippen LogP contribution in [0.3, 0.4) is 0 Å². The van der Waals surface area contributed by atoms with Crippen molar-refractivity contribution in [3.05, 3.63) is 17.6 Å². The van der Waals surface area contributed by atoms with Crippen molar-refractivity contribution in [2.24, 2.45) is 0 Å². The van der Waals surface area contributed by atoms with Gasteiger partial charge in [0.05, 0.1) is 0 Å². The van der Waals surface area contributed by atoms with Gasteiger partial charge in [-0.3, -0.25) is 0 Å². The van der Waals surface area contributed by atoms with Gasteiger partial charge in [-0.1, -0.05) is 13.3 Å². The molecule has 0 saturated heterocycles. The molecule has 1 aliphatic rings. The Morgan fingerprint density at radius 1 is 1.26 bits per heavy atom. The molecule has 3 nitrogen and oxygen atoms in total. The molecule has 0 saturated carbocycles. The number of fused-ring (bicyclic) bond motifs is 1. The molecule has 0 amide bonds. The molecule has 1 aliphatic carbocycles. The minimum atomic E-state index is 0.487. The van der Waals surface area contributed by atoms with Gasteiger partial charge in [-0.05, 0) is 50.5 Å². The summed E-state index contributed by atoms with van der Waals surface area (Å²) in [5.74, 6) is 3.51.